The van der Waals surface area contributed by atoms with Crippen LogP contribution < -0.4 is 10.3 Å². The van der Waals surface area contributed by atoms with Crippen molar-refractivity contribution >= 4 is 17.8 Å². The van der Waals surface area contributed by atoms with E-state index >= 15 is 0 Å². The molecule has 0 saturated carbocycles. The molecular formula is C15H19N2O8+. The van der Waals surface area contributed by atoms with Gasteiger partial charge in [-0.15, -0.1) is 0 Å². The van der Waals surface area contributed by atoms with Crippen LogP contribution in [0.3, 0.4) is 0 Å². The molecule has 1 fully saturated rings. The van der Waals surface area contributed by atoms with Gasteiger partial charge in [0.15, 0.2) is 12.4 Å². The summed E-state index contributed by atoms with van der Waals surface area (Å²) >= 11 is 0. The lowest BCUT2D eigenvalue weighted by Crippen LogP contribution is -2.62. The van der Waals surface area contributed by atoms with Gasteiger partial charge in [0, 0.05) is 12.1 Å². The fraction of sp³-hybridized carbons (Fsp3) is 0.467. The van der Waals surface area contributed by atoms with Gasteiger partial charge in [-0.05, 0) is 0 Å². The van der Waals surface area contributed by atoms with Gasteiger partial charge in [-0.25, -0.2) is 0 Å². The van der Waals surface area contributed by atoms with Crippen LogP contribution in [0.15, 0.2) is 30.6 Å². The lowest BCUT2D eigenvalue weighted by molar-refractivity contribution is -0.769. The summed E-state index contributed by atoms with van der Waals surface area (Å²) < 4.78 is 11.7. The Balaban J connectivity index is 2.10. The van der Waals surface area contributed by atoms with E-state index in [1.165, 1.54) is 17.0 Å². The van der Waals surface area contributed by atoms with Crippen LogP contribution in [0.4, 0.5) is 0 Å². The number of ether oxygens (including phenoxy) is 2. The highest BCUT2D eigenvalue weighted by molar-refractivity contribution is 5.84. The first-order valence-electron chi connectivity index (χ1n) is 7.45. The Morgan fingerprint density at radius 2 is 1.84 bits per heavy atom. The van der Waals surface area contributed by atoms with Crippen LogP contribution in [-0.4, -0.2) is 57.6 Å². The number of carboxylic acid groups (broad SMARTS) is 1. The largest absolute Gasteiger partial charge is 0.481 e. The van der Waals surface area contributed by atoms with Crippen LogP contribution in [0.2, 0.25) is 0 Å². The first-order valence-corrected chi connectivity index (χ1v) is 7.45. The van der Waals surface area contributed by atoms with Crippen LogP contribution >= 0.6 is 0 Å². The molecule has 1 aliphatic rings. The summed E-state index contributed by atoms with van der Waals surface area (Å²) in [5, 5.41) is 29.4. The van der Waals surface area contributed by atoms with Crippen molar-refractivity contribution in [3.63, 3.8) is 0 Å². The Kier molecular flexibility index (Phi) is 5.67. The SMILES string of the molecule is NC(=O)[C@@]1(O)[C@@H](O)[C@@H](COC(=O)CCC(=O)O)O[C@H]1[n+]1ccccc1. The molecular weight excluding hydrogens is 336 g/mol. The van der Waals surface area contributed by atoms with Crippen molar-refractivity contribution in [3.8, 4) is 0 Å². The molecule has 10 heteroatoms. The molecule has 0 aliphatic carbocycles. The average Bonchev–Trinajstić information content (AvgIpc) is 2.85. The number of pyridine rings is 1. The second kappa shape index (κ2) is 7.55. The zero-order valence-corrected chi connectivity index (χ0v) is 13.1. The van der Waals surface area contributed by atoms with Crippen molar-refractivity contribution in [2.75, 3.05) is 6.61 Å². The molecule has 1 amide bonds. The van der Waals surface area contributed by atoms with Gasteiger partial charge in [-0.3, -0.25) is 14.4 Å². The molecule has 10 nitrogen and oxygen atoms in total. The summed E-state index contributed by atoms with van der Waals surface area (Å²) in [5.41, 5.74) is 2.81. The maximum Gasteiger partial charge on any atom is 0.306 e. The molecule has 1 aliphatic heterocycles. The van der Waals surface area contributed by atoms with E-state index in [2.05, 4.69) is 0 Å². The maximum atomic E-state index is 11.7. The highest BCUT2D eigenvalue weighted by atomic mass is 16.6. The van der Waals surface area contributed by atoms with E-state index in [9.17, 15) is 24.6 Å². The fourth-order valence-electron chi connectivity index (χ4n) is 2.49. The number of hydrogen-bond donors (Lipinski definition) is 4. The number of hydrogen-bond acceptors (Lipinski definition) is 7. The molecule has 2 heterocycles. The molecule has 136 valence electrons. The third-order valence-corrected chi connectivity index (χ3v) is 3.84. The Labute approximate surface area is 142 Å². The van der Waals surface area contributed by atoms with Crippen molar-refractivity contribution < 1.29 is 43.7 Å². The number of carbonyl (C=O) groups is 3. The number of aromatic nitrogens is 1. The highest BCUT2D eigenvalue weighted by Crippen LogP contribution is 2.35. The first-order chi connectivity index (χ1) is 11.8. The summed E-state index contributed by atoms with van der Waals surface area (Å²) in [4.78, 5) is 33.6. The number of aliphatic hydroxyl groups is 2. The van der Waals surface area contributed by atoms with Gasteiger partial charge in [0.1, 0.15) is 18.8 Å². The van der Waals surface area contributed by atoms with Crippen molar-refractivity contribution in [1.82, 2.24) is 0 Å². The second-order valence-corrected chi connectivity index (χ2v) is 5.56. The van der Waals surface area contributed by atoms with Crippen LogP contribution in [0.25, 0.3) is 0 Å². The number of carboxylic acids is 1. The summed E-state index contributed by atoms with van der Waals surface area (Å²) in [6, 6.07) is 4.94. The third kappa shape index (κ3) is 3.92. The van der Waals surface area contributed by atoms with Crippen molar-refractivity contribution in [2.45, 2.75) is 36.9 Å². The van der Waals surface area contributed by atoms with E-state index in [-0.39, 0.29) is 6.42 Å². The predicted octanol–water partition coefficient (Wildman–Crippen LogP) is -2.14. The van der Waals surface area contributed by atoms with E-state index in [1.54, 1.807) is 18.2 Å². The van der Waals surface area contributed by atoms with E-state index in [0.29, 0.717) is 0 Å². The van der Waals surface area contributed by atoms with E-state index in [0.717, 1.165) is 0 Å². The van der Waals surface area contributed by atoms with Crippen LogP contribution in [-0.2, 0) is 23.9 Å². The molecule has 4 atom stereocenters. The maximum absolute atomic E-state index is 11.7. The zero-order chi connectivity index (χ0) is 18.6. The van der Waals surface area contributed by atoms with Gasteiger partial charge >= 0.3 is 18.2 Å². The van der Waals surface area contributed by atoms with Crippen molar-refractivity contribution in [1.29, 1.82) is 0 Å². The summed E-state index contributed by atoms with van der Waals surface area (Å²) in [6.45, 7) is -0.473. The highest BCUT2D eigenvalue weighted by Gasteiger charge is 2.64. The molecule has 0 unspecified atom stereocenters. The average molecular weight is 355 g/mol. The number of esters is 1. The standard InChI is InChI=1S/C15H18N2O8/c16-13(22)15(23)12(21)9(8-24-11(20)5-4-10(18)19)25-14(15)17-6-2-1-3-7-17/h1-3,6-7,9,12,14,21,23H,4-5,8H2,(H2-,16,18,19,22)/p+1/t9-,12+,14-,15+/m1/s1. The molecule has 0 bridgehead atoms. The minimum absolute atomic E-state index is 0.352. The van der Waals surface area contributed by atoms with Crippen LogP contribution in [0, 0.1) is 0 Å². The predicted molar refractivity (Wildman–Crippen MR) is 78.5 cm³/mol. The van der Waals surface area contributed by atoms with Gasteiger partial charge in [-0.1, -0.05) is 6.07 Å². The minimum atomic E-state index is -2.43. The fourth-order valence-corrected chi connectivity index (χ4v) is 2.49. The molecule has 1 saturated heterocycles. The smallest absolute Gasteiger partial charge is 0.306 e. The summed E-state index contributed by atoms with van der Waals surface area (Å²) in [5.74, 6) is -3.16. The molecule has 1 aromatic rings. The number of nitrogens with two attached hydrogens (primary N) is 1. The van der Waals surface area contributed by atoms with Crippen LogP contribution in [0.5, 0.6) is 0 Å². The number of primary amides is 1. The molecule has 2 rings (SSSR count). The third-order valence-electron chi connectivity index (χ3n) is 3.84. The van der Waals surface area contributed by atoms with E-state index in [1.807, 2.05) is 0 Å². The Morgan fingerprint density at radius 3 is 2.40 bits per heavy atom. The monoisotopic (exact) mass is 355 g/mol. The molecule has 25 heavy (non-hydrogen) atoms. The molecule has 0 spiro atoms. The van der Waals surface area contributed by atoms with Crippen molar-refractivity contribution in [2.24, 2.45) is 5.73 Å². The van der Waals surface area contributed by atoms with Gasteiger partial charge in [-0.2, -0.15) is 4.57 Å². The first kappa shape index (κ1) is 18.8. The zero-order valence-electron chi connectivity index (χ0n) is 13.1. The van der Waals surface area contributed by atoms with Gasteiger partial charge in [0.05, 0.1) is 12.8 Å². The molecule has 0 aromatic carbocycles. The van der Waals surface area contributed by atoms with Gasteiger partial charge in [0.2, 0.25) is 0 Å². The molecule has 0 radical (unpaired) electrons. The molecule has 1 aromatic heterocycles. The van der Waals surface area contributed by atoms with Crippen molar-refractivity contribution in [3.05, 3.63) is 30.6 Å². The number of rotatable bonds is 7. The molecule has 5 N–H and O–H groups in total. The van der Waals surface area contributed by atoms with E-state index in [4.69, 9.17) is 20.3 Å². The number of aliphatic hydroxyl groups excluding tert-OH is 1. The number of aliphatic carboxylic acids is 1. The Morgan fingerprint density at radius 1 is 1.20 bits per heavy atom. The van der Waals surface area contributed by atoms with E-state index < -0.39 is 54.9 Å². The summed E-state index contributed by atoms with van der Waals surface area (Å²) in [6.07, 6.45) is -2.02. The number of nitrogens with zero attached hydrogens (tertiary/aromatic N) is 1. The minimum Gasteiger partial charge on any atom is -0.481 e. The number of carbonyl (C=O) groups excluding carboxylic acids is 2. The second-order valence-electron chi connectivity index (χ2n) is 5.56. The van der Waals surface area contributed by atoms with Gasteiger partial charge < -0.3 is 30.5 Å². The Hall–Kier alpha value is -2.56. The Bertz CT molecular complexity index is 652. The lowest BCUT2D eigenvalue weighted by atomic mass is 9.93. The quantitative estimate of drug-likeness (QED) is 0.318. The topological polar surface area (TPSA) is 160 Å². The van der Waals surface area contributed by atoms with Crippen LogP contribution in [0.1, 0.15) is 19.1 Å². The normalized spacial score (nSPS) is 28.5. The van der Waals surface area contributed by atoms with Gasteiger partial charge in [0.25, 0.3) is 11.5 Å². The summed E-state index contributed by atoms with van der Waals surface area (Å²) in [7, 11) is 0. The number of amides is 1. The lowest BCUT2D eigenvalue weighted by Gasteiger charge is -2.23.